The van der Waals surface area contributed by atoms with Crippen LogP contribution in [0.5, 0.6) is 0 Å². The molecule has 0 bridgehead atoms. The van der Waals surface area contributed by atoms with Crippen molar-refractivity contribution in [1.82, 2.24) is 14.3 Å². The lowest BCUT2D eigenvalue weighted by Gasteiger charge is -2.26. The van der Waals surface area contributed by atoms with Gasteiger partial charge in [0, 0.05) is 23.2 Å². The van der Waals surface area contributed by atoms with Crippen molar-refractivity contribution in [2.45, 2.75) is 29.1 Å². The molecule has 1 saturated heterocycles. The van der Waals surface area contributed by atoms with Gasteiger partial charge < -0.3 is 5.32 Å². The molecule has 1 aliphatic rings. The van der Waals surface area contributed by atoms with Gasteiger partial charge in [0.2, 0.25) is 10.0 Å². The summed E-state index contributed by atoms with van der Waals surface area (Å²) in [4.78, 5) is 9.29. The lowest BCUT2D eigenvalue weighted by atomic mass is 10.2. The van der Waals surface area contributed by atoms with Crippen LogP contribution in [0.3, 0.4) is 0 Å². The Morgan fingerprint density at radius 1 is 0.730 bits per heavy atom. The summed E-state index contributed by atoms with van der Waals surface area (Å²) in [6.45, 7) is 0.996. The lowest BCUT2D eigenvalue weighted by Crippen LogP contribution is -2.35. The van der Waals surface area contributed by atoms with Crippen molar-refractivity contribution in [1.29, 1.82) is 0 Å². The number of hydrogen-bond acceptors (Lipinski definition) is 7. The molecular formula is C25H24BrN5O4S2. The number of nitrogens with one attached hydrogen (secondary N) is 2. The molecule has 4 aromatic rings. The first-order valence-corrected chi connectivity index (χ1v) is 15.4. The highest BCUT2D eigenvalue weighted by Crippen LogP contribution is 2.29. The average Bonchev–Trinajstić information content (AvgIpc) is 2.90. The first-order valence-electron chi connectivity index (χ1n) is 11.6. The van der Waals surface area contributed by atoms with Crippen LogP contribution in [0, 0.1) is 0 Å². The maximum absolute atomic E-state index is 13.2. The molecule has 0 saturated carbocycles. The summed E-state index contributed by atoms with van der Waals surface area (Å²) in [6.07, 6.45) is 2.70. The second kappa shape index (κ2) is 10.4. The number of nitrogens with zero attached hydrogens (tertiary/aromatic N) is 3. The van der Waals surface area contributed by atoms with Crippen LogP contribution in [-0.4, -0.2) is 44.2 Å². The third-order valence-electron chi connectivity index (χ3n) is 5.98. The first kappa shape index (κ1) is 25.6. The highest BCUT2D eigenvalue weighted by Gasteiger charge is 2.26. The van der Waals surface area contributed by atoms with E-state index in [2.05, 4.69) is 35.9 Å². The molecule has 3 aromatic carbocycles. The van der Waals surface area contributed by atoms with Gasteiger partial charge in [-0.1, -0.05) is 40.5 Å². The summed E-state index contributed by atoms with van der Waals surface area (Å²) in [7, 11) is -7.62. The normalized spacial score (nSPS) is 14.9. The monoisotopic (exact) mass is 601 g/mol. The van der Waals surface area contributed by atoms with E-state index in [0.717, 1.165) is 23.7 Å². The molecule has 5 rings (SSSR count). The highest BCUT2D eigenvalue weighted by atomic mass is 79.9. The van der Waals surface area contributed by atoms with Gasteiger partial charge >= 0.3 is 0 Å². The van der Waals surface area contributed by atoms with E-state index in [1.807, 2.05) is 0 Å². The Bertz CT molecular complexity index is 1660. The van der Waals surface area contributed by atoms with E-state index in [9.17, 15) is 16.8 Å². The number of aromatic nitrogens is 2. The number of hydrogen-bond donors (Lipinski definition) is 2. The standard InChI is InChI=1S/C25H24BrN5O4S2/c26-18-11-13-20(14-12-18)36(32,33)30-25-24(28-22-9-2-3-10-23(22)29-25)27-19-7-6-8-21(17-19)37(34,35)31-15-4-1-5-16-31/h2-3,6-14,17H,1,4-5,15-16H2,(H,27,28)(H,29,30). The number of sulfonamides is 2. The van der Waals surface area contributed by atoms with Crippen LogP contribution < -0.4 is 10.0 Å². The summed E-state index contributed by atoms with van der Waals surface area (Å²) in [5, 5.41) is 3.07. The summed E-state index contributed by atoms with van der Waals surface area (Å²) in [5.74, 6) is 0.137. The van der Waals surface area contributed by atoms with Gasteiger partial charge in [-0.05, 0) is 67.4 Å². The molecule has 0 atom stereocenters. The fraction of sp³-hybridized carbons (Fsp3) is 0.200. The zero-order valence-corrected chi connectivity index (χ0v) is 22.9. The molecule has 1 fully saturated rings. The van der Waals surface area contributed by atoms with E-state index in [0.29, 0.717) is 29.8 Å². The van der Waals surface area contributed by atoms with Crippen molar-refractivity contribution in [3.05, 3.63) is 77.3 Å². The lowest BCUT2D eigenvalue weighted by molar-refractivity contribution is 0.346. The van der Waals surface area contributed by atoms with Gasteiger partial charge in [-0.2, -0.15) is 4.31 Å². The number of benzene rings is 3. The number of rotatable bonds is 7. The second-order valence-corrected chi connectivity index (χ2v) is 13.1. The Balaban J connectivity index is 1.51. The quantitative estimate of drug-likeness (QED) is 0.302. The Labute approximate surface area is 224 Å². The van der Waals surface area contributed by atoms with Crippen molar-refractivity contribution in [3.8, 4) is 0 Å². The molecule has 12 heteroatoms. The minimum absolute atomic E-state index is 0.00842. The van der Waals surface area contributed by atoms with Crippen LogP contribution in [0.2, 0.25) is 0 Å². The van der Waals surface area contributed by atoms with Crippen LogP contribution in [0.15, 0.2) is 87.1 Å². The Hall–Kier alpha value is -3.06. The maximum Gasteiger partial charge on any atom is 0.263 e. The number of para-hydroxylation sites is 2. The second-order valence-electron chi connectivity index (χ2n) is 8.59. The Morgan fingerprint density at radius 3 is 2.05 bits per heavy atom. The third kappa shape index (κ3) is 5.61. The Kier molecular flexibility index (Phi) is 7.17. The van der Waals surface area contributed by atoms with Gasteiger partial charge in [0.05, 0.1) is 20.8 Å². The SMILES string of the molecule is O=S(=O)(Nc1nc2ccccc2nc1Nc1cccc(S(=O)(=O)N2CCCCC2)c1)c1ccc(Br)cc1. The zero-order chi connectivity index (χ0) is 26.0. The number of piperidine rings is 1. The summed E-state index contributed by atoms with van der Waals surface area (Å²) < 4.78 is 57.3. The van der Waals surface area contributed by atoms with Crippen molar-refractivity contribution >= 4 is 64.3 Å². The molecule has 192 valence electrons. The molecule has 1 aromatic heterocycles. The minimum Gasteiger partial charge on any atom is -0.337 e. The molecule has 2 N–H and O–H groups in total. The fourth-order valence-corrected chi connectivity index (χ4v) is 6.92. The van der Waals surface area contributed by atoms with Gasteiger partial charge in [0.1, 0.15) is 0 Å². The fourth-order valence-electron chi connectivity index (χ4n) is 4.08. The number of halogens is 1. The van der Waals surface area contributed by atoms with Crippen molar-refractivity contribution in [2.24, 2.45) is 0 Å². The molecule has 2 heterocycles. The predicted molar refractivity (Wildman–Crippen MR) is 147 cm³/mol. The molecule has 0 aliphatic carbocycles. The molecule has 0 spiro atoms. The van der Waals surface area contributed by atoms with Crippen LogP contribution in [-0.2, 0) is 20.0 Å². The molecule has 37 heavy (non-hydrogen) atoms. The zero-order valence-electron chi connectivity index (χ0n) is 19.6. The van der Waals surface area contributed by atoms with Gasteiger partial charge in [-0.25, -0.2) is 26.8 Å². The molecule has 9 nitrogen and oxygen atoms in total. The van der Waals surface area contributed by atoms with Crippen LogP contribution in [0.25, 0.3) is 11.0 Å². The predicted octanol–water partition coefficient (Wildman–Crippen LogP) is 5.11. The van der Waals surface area contributed by atoms with Crippen molar-refractivity contribution in [3.63, 3.8) is 0 Å². The van der Waals surface area contributed by atoms with Crippen molar-refractivity contribution < 1.29 is 16.8 Å². The number of fused-ring (bicyclic) bond motifs is 1. The molecule has 0 unspecified atom stereocenters. The molecular weight excluding hydrogens is 578 g/mol. The first-order chi connectivity index (χ1) is 17.7. The van der Waals surface area contributed by atoms with E-state index in [4.69, 9.17) is 0 Å². The van der Waals surface area contributed by atoms with Crippen molar-refractivity contribution in [2.75, 3.05) is 23.1 Å². The Morgan fingerprint density at radius 2 is 1.38 bits per heavy atom. The van der Waals surface area contributed by atoms with Crippen LogP contribution in [0.4, 0.5) is 17.3 Å². The maximum atomic E-state index is 13.2. The van der Waals surface area contributed by atoms with Crippen LogP contribution >= 0.6 is 15.9 Å². The molecule has 0 radical (unpaired) electrons. The largest absolute Gasteiger partial charge is 0.337 e. The minimum atomic E-state index is -3.98. The van der Waals surface area contributed by atoms with Gasteiger partial charge in [-0.3, -0.25) is 4.72 Å². The van der Waals surface area contributed by atoms with E-state index in [-0.39, 0.29) is 21.4 Å². The van der Waals surface area contributed by atoms with Crippen LogP contribution in [0.1, 0.15) is 19.3 Å². The summed E-state index contributed by atoms with van der Waals surface area (Å²) in [6, 6.07) is 19.7. The summed E-state index contributed by atoms with van der Waals surface area (Å²) >= 11 is 3.31. The molecule has 0 amide bonds. The van der Waals surface area contributed by atoms with Gasteiger partial charge in [0.15, 0.2) is 11.6 Å². The summed E-state index contributed by atoms with van der Waals surface area (Å²) in [5.41, 5.74) is 1.49. The third-order valence-corrected chi connectivity index (χ3v) is 9.75. The topological polar surface area (TPSA) is 121 Å². The van der Waals surface area contributed by atoms with Gasteiger partial charge in [0.25, 0.3) is 10.0 Å². The van der Waals surface area contributed by atoms with E-state index >= 15 is 0 Å². The van der Waals surface area contributed by atoms with Gasteiger partial charge in [-0.15, -0.1) is 0 Å². The highest BCUT2D eigenvalue weighted by molar-refractivity contribution is 9.10. The van der Waals surface area contributed by atoms with E-state index < -0.39 is 20.0 Å². The smallest absolute Gasteiger partial charge is 0.263 e. The van der Waals surface area contributed by atoms with E-state index in [1.165, 1.54) is 22.5 Å². The van der Waals surface area contributed by atoms with E-state index in [1.54, 1.807) is 54.6 Å². The average molecular weight is 603 g/mol. The number of anilines is 3. The molecule has 1 aliphatic heterocycles.